The molecule has 1 aromatic heterocycles. The van der Waals surface area contributed by atoms with E-state index in [9.17, 15) is 29.1 Å². The van der Waals surface area contributed by atoms with E-state index < -0.39 is 35.8 Å². The Hall–Kier alpha value is -5.25. The summed E-state index contributed by atoms with van der Waals surface area (Å²) in [4.78, 5) is 77.3. The summed E-state index contributed by atoms with van der Waals surface area (Å²) in [5.74, 6) is -1.49. The van der Waals surface area contributed by atoms with Crippen molar-refractivity contribution in [2.45, 2.75) is 95.4 Å². The zero-order chi connectivity index (χ0) is 40.4. The van der Waals surface area contributed by atoms with Gasteiger partial charge in [-0.1, -0.05) is 56.0 Å². The van der Waals surface area contributed by atoms with E-state index in [4.69, 9.17) is 4.74 Å². The van der Waals surface area contributed by atoms with E-state index in [0.29, 0.717) is 24.7 Å². The SMILES string of the molecule is O=C1CCC(N2C(=O)c3cccc(OCCCCCCCCN4CCC(Nc5cc(C(=O)NC[C@H](O)CN6CCc7ccccc7C6)ncn5)CC4)c3C2=O)C(=O)N1. The van der Waals surface area contributed by atoms with Crippen molar-refractivity contribution < 1.29 is 33.8 Å². The lowest BCUT2D eigenvalue weighted by atomic mass is 10.00. The molecule has 0 bridgehead atoms. The number of aromatic nitrogens is 2. The molecule has 15 heteroatoms. The van der Waals surface area contributed by atoms with Crippen LogP contribution in [0.5, 0.6) is 5.75 Å². The number of β-amino-alcohol motifs (C(OH)–C–C–N with tert-alkyl or cyclic N) is 1. The number of unbranched alkanes of at least 4 members (excludes halogenated alkanes) is 5. The van der Waals surface area contributed by atoms with E-state index >= 15 is 0 Å². The summed E-state index contributed by atoms with van der Waals surface area (Å²) in [6.07, 6.45) is 10.1. The van der Waals surface area contributed by atoms with Crippen LogP contribution >= 0.6 is 0 Å². The minimum atomic E-state index is -1.00. The van der Waals surface area contributed by atoms with Gasteiger partial charge in [0.25, 0.3) is 17.7 Å². The number of rotatable bonds is 18. The summed E-state index contributed by atoms with van der Waals surface area (Å²) in [6.45, 7) is 5.81. The molecule has 0 spiro atoms. The Morgan fingerprint density at radius 2 is 1.64 bits per heavy atom. The molecule has 7 rings (SSSR count). The highest BCUT2D eigenvalue weighted by atomic mass is 16.5. The van der Waals surface area contributed by atoms with Gasteiger partial charge in [-0.05, 0) is 68.3 Å². The highest BCUT2D eigenvalue weighted by Crippen LogP contribution is 2.34. The van der Waals surface area contributed by atoms with Gasteiger partial charge in [-0.2, -0.15) is 0 Å². The van der Waals surface area contributed by atoms with Crippen LogP contribution in [-0.2, 0) is 22.6 Å². The summed E-state index contributed by atoms with van der Waals surface area (Å²) in [5, 5.41) is 19.2. The number of ether oxygens (including phenoxy) is 1. The number of imide groups is 2. The summed E-state index contributed by atoms with van der Waals surface area (Å²) in [6, 6.07) is 14.3. The van der Waals surface area contributed by atoms with Crippen LogP contribution in [0.15, 0.2) is 54.9 Å². The molecule has 2 atom stereocenters. The number of nitrogens with one attached hydrogen (secondary N) is 3. The fraction of sp³-hybridized carbons (Fsp3) is 0.512. The number of carbonyl (C=O) groups excluding carboxylic acids is 5. The second kappa shape index (κ2) is 19.5. The molecule has 0 radical (unpaired) electrons. The molecule has 0 aliphatic carbocycles. The molecule has 5 amide bonds. The highest BCUT2D eigenvalue weighted by Gasteiger charge is 2.46. The highest BCUT2D eigenvalue weighted by molar-refractivity contribution is 6.24. The van der Waals surface area contributed by atoms with Gasteiger partial charge in [0.2, 0.25) is 11.8 Å². The third-order valence-corrected chi connectivity index (χ3v) is 11.6. The summed E-state index contributed by atoms with van der Waals surface area (Å²) >= 11 is 0. The van der Waals surface area contributed by atoms with Crippen molar-refractivity contribution in [3.05, 3.63) is 82.8 Å². The van der Waals surface area contributed by atoms with E-state index in [1.807, 2.05) is 6.07 Å². The molecule has 4 aliphatic heterocycles. The Bertz CT molecular complexity index is 1970. The Balaban J connectivity index is 0.732. The van der Waals surface area contributed by atoms with Crippen molar-refractivity contribution in [3.8, 4) is 5.75 Å². The van der Waals surface area contributed by atoms with Crippen LogP contribution in [0.2, 0.25) is 0 Å². The monoisotopic (exact) mass is 794 g/mol. The number of likely N-dealkylation sites (tertiary alicyclic amines) is 1. The number of aliphatic hydroxyl groups is 1. The molecule has 2 fully saturated rings. The van der Waals surface area contributed by atoms with E-state index in [1.165, 1.54) is 17.5 Å². The molecule has 4 aliphatic rings. The maximum absolute atomic E-state index is 13.3. The minimum Gasteiger partial charge on any atom is -0.493 e. The molecule has 15 nitrogen and oxygen atoms in total. The van der Waals surface area contributed by atoms with Crippen molar-refractivity contribution in [3.63, 3.8) is 0 Å². The molecular weight excluding hydrogens is 741 g/mol. The van der Waals surface area contributed by atoms with Gasteiger partial charge in [-0.25, -0.2) is 9.97 Å². The average Bonchev–Trinajstić information content (AvgIpc) is 3.48. The van der Waals surface area contributed by atoms with Gasteiger partial charge in [0, 0.05) is 57.8 Å². The minimum absolute atomic E-state index is 0.0754. The summed E-state index contributed by atoms with van der Waals surface area (Å²) in [7, 11) is 0. The van der Waals surface area contributed by atoms with Crippen molar-refractivity contribution in [2.24, 2.45) is 0 Å². The van der Waals surface area contributed by atoms with Crippen molar-refractivity contribution in [1.82, 2.24) is 35.3 Å². The third kappa shape index (κ3) is 10.2. The van der Waals surface area contributed by atoms with Gasteiger partial charge in [0.05, 0.1) is 23.8 Å². The molecule has 2 saturated heterocycles. The fourth-order valence-electron chi connectivity index (χ4n) is 8.38. The standard InChI is InChI=1S/C43H54N8O7/c52-32(27-50-20-16-29-10-5-6-11-30(29)26-50)25-44-40(54)34-24-37(46-28-45-34)47-31-17-21-49(22-18-31)19-7-3-1-2-4-8-23-58-36-13-9-12-33-39(36)43(57)51(42(33)56)35-14-15-38(53)48-41(35)55/h5-6,9-13,24,28,31-32,35,52H,1-4,7-8,14-23,25-27H2,(H,44,54)(H,45,46,47)(H,48,53,55)/t32-,35?/m0/s1. The van der Waals surface area contributed by atoms with E-state index in [-0.39, 0.29) is 48.2 Å². The second-order valence-corrected chi connectivity index (χ2v) is 15.8. The van der Waals surface area contributed by atoms with Gasteiger partial charge in [0.1, 0.15) is 29.6 Å². The summed E-state index contributed by atoms with van der Waals surface area (Å²) < 4.78 is 5.96. The molecule has 4 N–H and O–H groups in total. The molecule has 2 aromatic carbocycles. The fourth-order valence-corrected chi connectivity index (χ4v) is 8.38. The van der Waals surface area contributed by atoms with Crippen LogP contribution in [0.1, 0.15) is 107 Å². The smallest absolute Gasteiger partial charge is 0.270 e. The Morgan fingerprint density at radius 3 is 2.45 bits per heavy atom. The maximum Gasteiger partial charge on any atom is 0.270 e. The third-order valence-electron chi connectivity index (χ3n) is 11.6. The molecule has 3 aromatic rings. The average molecular weight is 795 g/mol. The van der Waals surface area contributed by atoms with Gasteiger partial charge in [-0.3, -0.25) is 39.1 Å². The lowest BCUT2D eigenvalue weighted by Crippen LogP contribution is -2.54. The number of amides is 5. The first-order valence-electron chi connectivity index (χ1n) is 20.8. The number of hydrogen-bond acceptors (Lipinski definition) is 12. The number of fused-ring (bicyclic) bond motifs is 2. The molecule has 0 saturated carbocycles. The second-order valence-electron chi connectivity index (χ2n) is 15.8. The Morgan fingerprint density at radius 1 is 0.862 bits per heavy atom. The van der Waals surface area contributed by atoms with Gasteiger partial charge in [-0.15, -0.1) is 0 Å². The van der Waals surface area contributed by atoms with Crippen molar-refractivity contribution in [1.29, 1.82) is 0 Å². The van der Waals surface area contributed by atoms with Crippen LogP contribution in [-0.4, -0.2) is 123 Å². The normalized spacial score (nSPS) is 19.4. The topological polar surface area (TPSA) is 186 Å². The quantitative estimate of drug-likeness (QED) is 0.109. The van der Waals surface area contributed by atoms with E-state index in [0.717, 1.165) is 95.4 Å². The lowest BCUT2D eigenvalue weighted by molar-refractivity contribution is -0.136. The van der Waals surface area contributed by atoms with E-state index in [1.54, 1.807) is 24.3 Å². The number of hydrogen-bond donors (Lipinski definition) is 4. The Labute approximate surface area is 338 Å². The largest absolute Gasteiger partial charge is 0.493 e. The summed E-state index contributed by atoms with van der Waals surface area (Å²) in [5.41, 5.74) is 3.33. The predicted molar refractivity (Wildman–Crippen MR) is 215 cm³/mol. The van der Waals surface area contributed by atoms with Crippen LogP contribution in [0.3, 0.4) is 0 Å². The maximum atomic E-state index is 13.3. The first-order chi connectivity index (χ1) is 28.2. The van der Waals surface area contributed by atoms with E-state index in [2.05, 4.69) is 53.9 Å². The number of nitrogens with zero attached hydrogens (tertiary/aromatic N) is 5. The molecular formula is C43H54N8O7. The van der Waals surface area contributed by atoms with Crippen molar-refractivity contribution in [2.75, 3.05) is 51.2 Å². The first kappa shape index (κ1) is 40.9. The lowest BCUT2D eigenvalue weighted by Gasteiger charge is -2.32. The van der Waals surface area contributed by atoms with Crippen molar-refractivity contribution >= 4 is 35.4 Å². The number of aliphatic hydroxyl groups excluding tert-OH is 1. The Kier molecular flexibility index (Phi) is 13.7. The number of anilines is 1. The molecule has 308 valence electrons. The zero-order valence-electron chi connectivity index (χ0n) is 33.0. The van der Waals surface area contributed by atoms with Gasteiger partial charge >= 0.3 is 0 Å². The first-order valence-corrected chi connectivity index (χ1v) is 20.8. The van der Waals surface area contributed by atoms with Crippen LogP contribution < -0.4 is 20.7 Å². The molecule has 58 heavy (non-hydrogen) atoms. The van der Waals surface area contributed by atoms with Gasteiger partial charge in [0.15, 0.2) is 0 Å². The number of piperidine rings is 2. The van der Waals surface area contributed by atoms with Crippen LogP contribution in [0, 0.1) is 0 Å². The van der Waals surface area contributed by atoms with Gasteiger partial charge < -0.3 is 25.4 Å². The number of benzene rings is 2. The van der Waals surface area contributed by atoms with Crippen LogP contribution in [0.4, 0.5) is 5.82 Å². The van der Waals surface area contributed by atoms with Crippen LogP contribution in [0.25, 0.3) is 0 Å². The zero-order valence-corrected chi connectivity index (χ0v) is 33.0. The molecule has 5 heterocycles. The predicted octanol–water partition coefficient (Wildman–Crippen LogP) is 3.32. The number of carbonyl (C=O) groups is 5. The molecule has 1 unspecified atom stereocenters.